The van der Waals surface area contributed by atoms with Crippen LogP contribution in [0, 0.1) is 0 Å². The van der Waals surface area contributed by atoms with Crippen LogP contribution in [0.15, 0.2) is 186 Å². The molecule has 0 atom stereocenters. The van der Waals surface area contributed by atoms with Crippen LogP contribution < -0.4 is 4.90 Å². The molecule has 3 heteroatoms. The Morgan fingerprint density at radius 1 is 0.400 bits per heavy atom. The van der Waals surface area contributed by atoms with Gasteiger partial charge in [-0.25, -0.2) is 4.98 Å². The molecule has 8 aromatic carbocycles. The predicted molar refractivity (Wildman–Crippen MR) is 207 cm³/mol. The van der Waals surface area contributed by atoms with Gasteiger partial charge in [-0.3, -0.25) is 0 Å². The smallest absolute Gasteiger partial charge is 0.227 e. The van der Waals surface area contributed by atoms with E-state index in [9.17, 15) is 0 Å². The van der Waals surface area contributed by atoms with Gasteiger partial charge in [0.1, 0.15) is 5.69 Å². The van der Waals surface area contributed by atoms with E-state index in [-0.39, 0.29) is 0 Å². The lowest BCUT2D eigenvalue weighted by Gasteiger charge is -2.26. The SMILES string of the molecule is c1ccc(-c2ccc(N(c3ccc(-c4ccccc4)cc3)c3ccc4cc5c6c(cccc6c4c3)-c3oc(-c4ccccc4)nc3-5)cc2)cc1. The van der Waals surface area contributed by atoms with Crippen molar-refractivity contribution < 1.29 is 4.42 Å². The van der Waals surface area contributed by atoms with Gasteiger partial charge in [0, 0.05) is 39.1 Å². The molecule has 0 N–H and O–H groups in total. The zero-order chi connectivity index (χ0) is 33.0. The summed E-state index contributed by atoms with van der Waals surface area (Å²) in [6.07, 6.45) is 0. The van der Waals surface area contributed by atoms with Crippen LogP contribution in [0.25, 0.3) is 77.8 Å². The molecule has 0 saturated carbocycles. The fraction of sp³-hybridized carbons (Fsp3) is 0. The van der Waals surface area contributed by atoms with Gasteiger partial charge in [-0.05, 0) is 93.0 Å². The lowest BCUT2D eigenvalue weighted by atomic mass is 9.96. The Hall–Kier alpha value is -6.71. The van der Waals surface area contributed by atoms with E-state index in [1.54, 1.807) is 0 Å². The predicted octanol–water partition coefficient (Wildman–Crippen LogP) is 13.1. The van der Waals surface area contributed by atoms with Crippen LogP contribution in [0.2, 0.25) is 0 Å². The summed E-state index contributed by atoms with van der Waals surface area (Å²) in [7, 11) is 0. The highest BCUT2D eigenvalue weighted by Crippen LogP contribution is 2.51. The molecule has 0 aliphatic heterocycles. The monoisotopic (exact) mass is 638 g/mol. The lowest BCUT2D eigenvalue weighted by Crippen LogP contribution is -2.10. The standard InChI is InChI=1S/C47H30N2O/c1-4-11-31(12-5-1)33-19-24-37(25-20-33)49(38-26-21-34(22-27-38)32-13-6-2-7-14-32)39-28-23-36-29-43-44-40(42(36)30-39)17-10-18-41(44)46-45(43)48-47(50-46)35-15-8-3-9-16-35/h1-30H. The van der Waals surface area contributed by atoms with Crippen LogP contribution in [0.5, 0.6) is 0 Å². The molecule has 0 bridgehead atoms. The highest BCUT2D eigenvalue weighted by atomic mass is 16.4. The van der Waals surface area contributed by atoms with Gasteiger partial charge in [0.15, 0.2) is 5.76 Å². The molecule has 0 fully saturated rings. The fourth-order valence-electron chi connectivity index (χ4n) is 7.42. The summed E-state index contributed by atoms with van der Waals surface area (Å²) in [5, 5.41) is 4.77. The molecule has 1 aliphatic carbocycles. The molecule has 1 aliphatic rings. The molecule has 0 unspecified atom stereocenters. The minimum Gasteiger partial charge on any atom is -0.435 e. The molecule has 50 heavy (non-hydrogen) atoms. The molecular formula is C47H30N2O. The van der Waals surface area contributed by atoms with E-state index in [1.807, 2.05) is 30.3 Å². The Bertz CT molecular complexity index is 2580. The number of rotatable bonds is 6. The fourth-order valence-corrected chi connectivity index (χ4v) is 7.42. The maximum Gasteiger partial charge on any atom is 0.227 e. The molecule has 9 aromatic rings. The van der Waals surface area contributed by atoms with Crippen LogP contribution >= 0.6 is 0 Å². The van der Waals surface area contributed by atoms with E-state index < -0.39 is 0 Å². The van der Waals surface area contributed by atoms with E-state index in [1.165, 1.54) is 43.8 Å². The second-order valence-electron chi connectivity index (χ2n) is 12.8. The Labute approximate surface area is 290 Å². The zero-order valence-electron chi connectivity index (χ0n) is 27.1. The molecule has 0 amide bonds. The highest BCUT2D eigenvalue weighted by molar-refractivity contribution is 6.22. The van der Waals surface area contributed by atoms with E-state index in [0.717, 1.165) is 45.2 Å². The van der Waals surface area contributed by atoms with Crippen molar-refractivity contribution in [1.82, 2.24) is 4.98 Å². The number of fused-ring (bicyclic) bond motifs is 5. The second kappa shape index (κ2) is 11.5. The van der Waals surface area contributed by atoms with Crippen LogP contribution in [-0.2, 0) is 0 Å². The molecule has 0 radical (unpaired) electrons. The topological polar surface area (TPSA) is 29.3 Å². The number of oxazole rings is 1. The van der Waals surface area contributed by atoms with Gasteiger partial charge in [0.25, 0.3) is 0 Å². The van der Waals surface area contributed by atoms with Gasteiger partial charge < -0.3 is 9.32 Å². The van der Waals surface area contributed by atoms with Crippen molar-refractivity contribution in [3.8, 4) is 56.3 Å². The van der Waals surface area contributed by atoms with Crippen LogP contribution in [0.3, 0.4) is 0 Å². The number of nitrogens with zero attached hydrogens (tertiary/aromatic N) is 2. The van der Waals surface area contributed by atoms with Gasteiger partial charge in [0.05, 0.1) is 0 Å². The molecule has 0 spiro atoms. The largest absolute Gasteiger partial charge is 0.435 e. The minimum absolute atomic E-state index is 0.654. The first-order chi connectivity index (χ1) is 24.8. The van der Waals surface area contributed by atoms with Crippen molar-refractivity contribution in [2.75, 3.05) is 4.90 Å². The summed E-state index contributed by atoms with van der Waals surface area (Å²) >= 11 is 0. The molecular weight excluding hydrogens is 609 g/mol. The van der Waals surface area contributed by atoms with Gasteiger partial charge in [0.2, 0.25) is 5.89 Å². The first kappa shape index (κ1) is 28.3. The summed E-state index contributed by atoms with van der Waals surface area (Å²) in [6.45, 7) is 0. The Morgan fingerprint density at radius 2 is 0.940 bits per heavy atom. The Balaban J connectivity index is 1.11. The maximum atomic E-state index is 6.45. The quantitative estimate of drug-likeness (QED) is 0.170. The van der Waals surface area contributed by atoms with Crippen molar-refractivity contribution in [2.24, 2.45) is 0 Å². The number of hydrogen-bond donors (Lipinski definition) is 0. The van der Waals surface area contributed by atoms with Crippen LogP contribution in [0.1, 0.15) is 0 Å². The molecule has 10 rings (SSSR count). The highest BCUT2D eigenvalue weighted by Gasteiger charge is 2.29. The average Bonchev–Trinajstić information content (AvgIpc) is 3.76. The van der Waals surface area contributed by atoms with Gasteiger partial charge in [-0.1, -0.05) is 127 Å². The first-order valence-electron chi connectivity index (χ1n) is 17.0. The van der Waals surface area contributed by atoms with Crippen molar-refractivity contribution >= 4 is 38.6 Å². The molecule has 234 valence electrons. The Morgan fingerprint density at radius 3 is 1.54 bits per heavy atom. The first-order valence-corrected chi connectivity index (χ1v) is 17.0. The second-order valence-corrected chi connectivity index (χ2v) is 12.8. The number of hydrogen-bond acceptors (Lipinski definition) is 3. The summed E-state index contributed by atoms with van der Waals surface area (Å²) in [6, 6.07) is 64.5. The van der Waals surface area contributed by atoms with Gasteiger partial charge in [-0.15, -0.1) is 0 Å². The third-order valence-corrected chi connectivity index (χ3v) is 9.83. The summed E-state index contributed by atoms with van der Waals surface area (Å²) in [5.41, 5.74) is 12.2. The Kier molecular flexibility index (Phi) is 6.49. The maximum absolute atomic E-state index is 6.45. The third-order valence-electron chi connectivity index (χ3n) is 9.83. The van der Waals surface area contributed by atoms with Crippen molar-refractivity contribution in [1.29, 1.82) is 0 Å². The summed E-state index contributed by atoms with van der Waals surface area (Å²) < 4.78 is 6.45. The van der Waals surface area contributed by atoms with Crippen molar-refractivity contribution in [2.45, 2.75) is 0 Å². The van der Waals surface area contributed by atoms with E-state index in [2.05, 4.69) is 157 Å². The van der Waals surface area contributed by atoms with Gasteiger partial charge >= 0.3 is 0 Å². The van der Waals surface area contributed by atoms with Gasteiger partial charge in [-0.2, -0.15) is 0 Å². The van der Waals surface area contributed by atoms with Crippen molar-refractivity contribution in [3.63, 3.8) is 0 Å². The van der Waals surface area contributed by atoms with Crippen molar-refractivity contribution in [3.05, 3.63) is 182 Å². The average molecular weight is 639 g/mol. The third kappa shape index (κ3) is 4.63. The number of benzene rings is 8. The molecule has 1 aromatic heterocycles. The normalized spacial score (nSPS) is 11.6. The number of aromatic nitrogens is 1. The zero-order valence-corrected chi connectivity index (χ0v) is 27.1. The number of anilines is 3. The van der Waals surface area contributed by atoms with E-state index >= 15 is 0 Å². The lowest BCUT2D eigenvalue weighted by molar-refractivity contribution is 0.590. The molecule has 1 heterocycles. The summed E-state index contributed by atoms with van der Waals surface area (Å²) in [4.78, 5) is 7.37. The minimum atomic E-state index is 0.654. The van der Waals surface area contributed by atoms with Crippen LogP contribution in [-0.4, -0.2) is 4.98 Å². The van der Waals surface area contributed by atoms with Crippen LogP contribution in [0.4, 0.5) is 17.1 Å². The molecule has 3 nitrogen and oxygen atoms in total. The van der Waals surface area contributed by atoms with E-state index in [0.29, 0.717) is 5.89 Å². The summed E-state index contributed by atoms with van der Waals surface area (Å²) in [5.74, 6) is 1.50. The van der Waals surface area contributed by atoms with E-state index in [4.69, 9.17) is 9.40 Å². The molecule has 0 saturated heterocycles.